The highest BCUT2D eigenvalue weighted by atomic mass is 32.1. The summed E-state index contributed by atoms with van der Waals surface area (Å²) in [7, 11) is 1.67. The molecule has 0 aliphatic carbocycles. The zero-order valence-corrected chi connectivity index (χ0v) is 13.1. The highest BCUT2D eigenvalue weighted by Crippen LogP contribution is 2.22. The number of methoxy groups -OCH3 is 1. The number of hydrogen-bond donors (Lipinski definition) is 1. The second-order valence-corrected chi connectivity index (χ2v) is 5.79. The minimum Gasteiger partial charge on any atom is -0.382 e. The van der Waals surface area contributed by atoms with Crippen LogP contribution >= 0.6 is 11.3 Å². The summed E-state index contributed by atoms with van der Waals surface area (Å²) in [5.41, 5.74) is 8.30. The molecule has 2 rings (SSSR count). The van der Waals surface area contributed by atoms with E-state index in [2.05, 4.69) is 22.5 Å². The standard InChI is InChI=1S/C16H22N2O2S/c1-19-9-10-20-8-7-14(17)11-16-18-15(12-21-16)13-5-3-2-4-6-13/h2-6,12,14H,7-11,17H2,1H3. The molecule has 1 unspecified atom stereocenters. The van der Waals surface area contributed by atoms with E-state index in [0.29, 0.717) is 19.8 Å². The lowest BCUT2D eigenvalue weighted by Gasteiger charge is -2.10. The topological polar surface area (TPSA) is 57.4 Å². The van der Waals surface area contributed by atoms with Gasteiger partial charge in [0.15, 0.2) is 0 Å². The van der Waals surface area contributed by atoms with E-state index in [-0.39, 0.29) is 6.04 Å². The minimum atomic E-state index is 0.0855. The third kappa shape index (κ3) is 5.55. The zero-order valence-electron chi connectivity index (χ0n) is 12.3. The van der Waals surface area contributed by atoms with Gasteiger partial charge < -0.3 is 15.2 Å². The van der Waals surface area contributed by atoms with Crippen molar-refractivity contribution in [2.75, 3.05) is 26.9 Å². The SMILES string of the molecule is COCCOCCC(N)Cc1nc(-c2ccccc2)cs1. The van der Waals surface area contributed by atoms with Gasteiger partial charge in [-0.3, -0.25) is 0 Å². The Morgan fingerprint density at radius 2 is 2.00 bits per heavy atom. The lowest BCUT2D eigenvalue weighted by molar-refractivity contribution is 0.0672. The molecule has 0 aliphatic rings. The van der Waals surface area contributed by atoms with Gasteiger partial charge in [0.25, 0.3) is 0 Å². The molecule has 0 radical (unpaired) electrons. The van der Waals surface area contributed by atoms with Gasteiger partial charge in [-0.15, -0.1) is 11.3 Å². The van der Waals surface area contributed by atoms with Crippen LogP contribution in [-0.2, 0) is 15.9 Å². The second-order valence-electron chi connectivity index (χ2n) is 4.85. The molecule has 4 nitrogen and oxygen atoms in total. The highest BCUT2D eigenvalue weighted by Gasteiger charge is 2.09. The molecule has 1 aromatic heterocycles. The van der Waals surface area contributed by atoms with Gasteiger partial charge in [0, 0.05) is 37.1 Å². The normalized spacial score (nSPS) is 12.5. The Balaban J connectivity index is 1.77. The lowest BCUT2D eigenvalue weighted by Crippen LogP contribution is -2.24. The molecule has 0 spiro atoms. The van der Waals surface area contributed by atoms with Gasteiger partial charge in [-0.05, 0) is 6.42 Å². The van der Waals surface area contributed by atoms with Crippen LogP contribution in [0.25, 0.3) is 11.3 Å². The van der Waals surface area contributed by atoms with Crippen molar-refractivity contribution < 1.29 is 9.47 Å². The molecule has 2 aromatic rings. The molecule has 0 aliphatic heterocycles. The fraction of sp³-hybridized carbons (Fsp3) is 0.438. The van der Waals surface area contributed by atoms with Crippen LogP contribution in [0.5, 0.6) is 0 Å². The molecular weight excluding hydrogens is 284 g/mol. The largest absolute Gasteiger partial charge is 0.382 e. The van der Waals surface area contributed by atoms with Crippen LogP contribution < -0.4 is 5.73 Å². The molecule has 0 bridgehead atoms. The van der Waals surface area contributed by atoms with E-state index in [0.717, 1.165) is 29.1 Å². The molecule has 1 atom stereocenters. The van der Waals surface area contributed by atoms with Gasteiger partial charge in [-0.2, -0.15) is 0 Å². The van der Waals surface area contributed by atoms with E-state index < -0.39 is 0 Å². The summed E-state index contributed by atoms with van der Waals surface area (Å²) in [5.74, 6) is 0. The van der Waals surface area contributed by atoms with Gasteiger partial charge in [0.2, 0.25) is 0 Å². The first-order valence-corrected chi connectivity index (χ1v) is 7.99. The van der Waals surface area contributed by atoms with Crippen LogP contribution in [0.1, 0.15) is 11.4 Å². The van der Waals surface area contributed by atoms with Crippen LogP contribution in [0.15, 0.2) is 35.7 Å². The van der Waals surface area contributed by atoms with Gasteiger partial charge in [-0.25, -0.2) is 4.98 Å². The number of thiazole rings is 1. The molecule has 1 aromatic carbocycles. The number of nitrogens with zero attached hydrogens (tertiary/aromatic N) is 1. The number of benzene rings is 1. The molecule has 5 heteroatoms. The first-order chi connectivity index (χ1) is 10.3. The van der Waals surface area contributed by atoms with Crippen molar-refractivity contribution in [2.45, 2.75) is 18.9 Å². The molecule has 1 heterocycles. The van der Waals surface area contributed by atoms with Crippen molar-refractivity contribution in [1.29, 1.82) is 0 Å². The Kier molecular flexibility index (Phi) is 6.82. The van der Waals surface area contributed by atoms with Crippen LogP contribution in [0.2, 0.25) is 0 Å². The molecule has 21 heavy (non-hydrogen) atoms. The fourth-order valence-corrected chi connectivity index (χ4v) is 2.85. The number of ether oxygens (including phenoxy) is 2. The summed E-state index contributed by atoms with van der Waals surface area (Å²) in [5, 5.41) is 3.17. The smallest absolute Gasteiger partial charge is 0.0948 e. The van der Waals surface area contributed by atoms with E-state index in [1.807, 2.05) is 18.2 Å². The predicted molar refractivity (Wildman–Crippen MR) is 86.5 cm³/mol. The van der Waals surface area contributed by atoms with E-state index in [9.17, 15) is 0 Å². The van der Waals surface area contributed by atoms with Crippen LogP contribution in [0, 0.1) is 0 Å². The number of rotatable bonds is 9. The Morgan fingerprint density at radius 1 is 1.19 bits per heavy atom. The summed E-state index contributed by atoms with van der Waals surface area (Å²) < 4.78 is 10.4. The summed E-state index contributed by atoms with van der Waals surface area (Å²) in [6.45, 7) is 1.92. The monoisotopic (exact) mass is 306 g/mol. The van der Waals surface area contributed by atoms with E-state index in [1.165, 1.54) is 0 Å². The third-order valence-electron chi connectivity index (χ3n) is 3.12. The van der Waals surface area contributed by atoms with Gasteiger partial charge in [0.1, 0.15) is 0 Å². The van der Waals surface area contributed by atoms with Crippen molar-refractivity contribution in [3.63, 3.8) is 0 Å². The van der Waals surface area contributed by atoms with Crippen LogP contribution in [0.3, 0.4) is 0 Å². The maximum Gasteiger partial charge on any atom is 0.0948 e. The molecule has 0 fully saturated rings. The Labute approximate surface area is 129 Å². The minimum absolute atomic E-state index is 0.0855. The zero-order chi connectivity index (χ0) is 14.9. The van der Waals surface area contributed by atoms with Gasteiger partial charge >= 0.3 is 0 Å². The summed E-state index contributed by atoms with van der Waals surface area (Å²) in [6.07, 6.45) is 1.63. The Hall–Kier alpha value is -1.27. The van der Waals surface area contributed by atoms with Crippen molar-refractivity contribution in [3.05, 3.63) is 40.7 Å². The second kappa shape index (κ2) is 8.89. The molecule has 2 N–H and O–H groups in total. The third-order valence-corrected chi connectivity index (χ3v) is 3.99. The van der Waals surface area contributed by atoms with Crippen molar-refractivity contribution >= 4 is 11.3 Å². The maximum atomic E-state index is 6.12. The van der Waals surface area contributed by atoms with Crippen LogP contribution in [0.4, 0.5) is 0 Å². The van der Waals surface area contributed by atoms with Crippen LogP contribution in [-0.4, -0.2) is 38.0 Å². The Bertz CT molecular complexity index is 516. The maximum absolute atomic E-state index is 6.12. The summed E-state index contributed by atoms with van der Waals surface area (Å²) >= 11 is 1.67. The average molecular weight is 306 g/mol. The highest BCUT2D eigenvalue weighted by molar-refractivity contribution is 7.09. The number of nitrogens with two attached hydrogens (primary N) is 1. The van der Waals surface area contributed by atoms with Crippen molar-refractivity contribution in [1.82, 2.24) is 4.98 Å². The summed E-state index contributed by atoms with van der Waals surface area (Å²) in [6, 6.07) is 10.3. The predicted octanol–water partition coefficient (Wildman–Crippen LogP) is 2.73. The molecule has 0 amide bonds. The lowest BCUT2D eigenvalue weighted by atomic mass is 10.1. The number of hydrogen-bond acceptors (Lipinski definition) is 5. The molecule has 114 valence electrons. The first-order valence-electron chi connectivity index (χ1n) is 7.11. The van der Waals surface area contributed by atoms with E-state index >= 15 is 0 Å². The van der Waals surface area contributed by atoms with Crippen molar-refractivity contribution in [3.8, 4) is 11.3 Å². The first kappa shape index (κ1) is 16.1. The van der Waals surface area contributed by atoms with Gasteiger partial charge in [0.05, 0.1) is 23.9 Å². The number of aromatic nitrogens is 1. The quantitative estimate of drug-likeness (QED) is 0.724. The molecule has 0 saturated carbocycles. The van der Waals surface area contributed by atoms with Gasteiger partial charge in [-0.1, -0.05) is 30.3 Å². The average Bonchev–Trinajstić information content (AvgIpc) is 2.96. The Morgan fingerprint density at radius 3 is 2.76 bits per heavy atom. The fourth-order valence-electron chi connectivity index (χ4n) is 1.95. The van der Waals surface area contributed by atoms with Crippen molar-refractivity contribution in [2.24, 2.45) is 5.73 Å². The molecule has 0 saturated heterocycles. The van der Waals surface area contributed by atoms with E-state index in [4.69, 9.17) is 15.2 Å². The molecular formula is C16H22N2O2S. The van der Waals surface area contributed by atoms with E-state index in [1.54, 1.807) is 18.4 Å². The summed E-state index contributed by atoms with van der Waals surface area (Å²) in [4.78, 5) is 4.66.